The Balaban J connectivity index is 2.51. The molecule has 0 amide bonds. The molecule has 0 saturated heterocycles. The van der Waals surface area contributed by atoms with Gasteiger partial charge < -0.3 is 4.74 Å². The summed E-state index contributed by atoms with van der Waals surface area (Å²) in [6, 6.07) is 13.4. The Labute approximate surface area is 104 Å². The third-order valence-corrected chi connectivity index (χ3v) is 3.05. The summed E-state index contributed by atoms with van der Waals surface area (Å²) in [5.41, 5.74) is 1.28. The number of ether oxygens (including phenoxy) is 1. The maximum atomic E-state index is 11.1. The van der Waals surface area contributed by atoms with Crippen molar-refractivity contribution in [3.05, 3.63) is 48.2 Å². The van der Waals surface area contributed by atoms with Gasteiger partial charge in [0.05, 0.1) is 12.6 Å². The van der Waals surface area contributed by atoms with E-state index in [0.29, 0.717) is 5.69 Å². The molecule has 2 aromatic carbocycles. The highest BCUT2D eigenvalue weighted by Crippen LogP contribution is 2.28. The van der Waals surface area contributed by atoms with Crippen LogP contribution in [0.25, 0.3) is 21.7 Å². The molecule has 0 aliphatic heterocycles. The van der Waals surface area contributed by atoms with Gasteiger partial charge in [0.25, 0.3) is 0 Å². The number of aromatic nitrogens is 1. The van der Waals surface area contributed by atoms with Crippen molar-refractivity contribution in [3.63, 3.8) is 0 Å². The second kappa shape index (κ2) is 4.11. The normalized spacial score (nSPS) is 10.7. The number of hydrogen-bond acceptors (Lipinski definition) is 3. The molecule has 0 saturated carbocycles. The topological polar surface area (TPSA) is 39.2 Å². The molecule has 3 nitrogen and oxygen atoms in total. The van der Waals surface area contributed by atoms with Gasteiger partial charge >= 0.3 is 0 Å². The molecule has 88 valence electrons. The lowest BCUT2D eigenvalue weighted by atomic mass is 10.0. The Morgan fingerprint density at radius 1 is 1.06 bits per heavy atom. The number of pyridine rings is 1. The summed E-state index contributed by atoms with van der Waals surface area (Å²) in [6.07, 6.45) is 0.798. The van der Waals surface area contributed by atoms with Crippen LogP contribution in [-0.4, -0.2) is 18.4 Å². The standard InChI is InChI=1S/C15H11NO2/c1-18-10-6-7-14-13(8-10)11-4-2-3-5-12(11)15(9-17)16-14/h2-9H,1H3. The summed E-state index contributed by atoms with van der Waals surface area (Å²) >= 11 is 0. The number of rotatable bonds is 2. The fraction of sp³-hybridized carbons (Fsp3) is 0.0667. The maximum absolute atomic E-state index is 11.1. The number of fused-ring (bicyclic) bond motifs is 3. The molecular formula is C15H11NO2. The number of nitrogens with zero attached hydrogens (tertiary/aromatic N) is 1. The van der Waals surface area contributed by atoms with Crippen molar-refractivity contribution in [2.45, 2.75) is 0 Å². The Bertz CT molecular complexity index is 750. The summed E-state index contributed by atoms with van der Waals surface area (Å²) in [7, 11) is 1.64. The molecule has 0 unspecified atom stereocenters. The molecule has 0 atom stereocenters. The van der Waals surface area contributed by atoms with E-state index < -0.39 is 0 Å². The second-order valence-corrected chi connectivity index (χ2v) is 4.04. The van der Waals surface area contributed by atoms with E-state index in [9.17, 15) is 4.79 Å². The van der Waals surface area contributed by atoms with E-state index in [1.807, 2.05) is 42.5 Å². The predicted molar refractivity (Wildman–Crippen MR) is 71.2 cm³/mol. The Kier molecular flexibility index (Phi) is 2.45. The zero-order valence-corrected chi connectivity index (χ0v) is 9.88. The van der Waals surface area contributed by atoms with E-state index >= 15 is 0 Å². The van der Waals surface area contributed by atoms with Crippen molar-refractivity contribution in [1.82, 2.24) is 4.98 Å². The lowest BCUT2D eigenvalue weighted by Crippen LogP contribution is -1.92. The first-order valence-corrected chi connectivity index (χ1v) is 5.65. The van der Waals surface area contributed by atoms with Crippen LogP contribution in [0, 0.1) is 0 Å². The molecule has 0 spiro atoms. The van der Waals surface area contributed by atoms with E-state index in [1.165, 1.54) is 0 Å². The molecular weight excluding hydrogens is 226 g/mol. The molecule has 0 N–H and O–H groups in total. The summed E-state index contributed by atoms with van der Waals surface area (Å²) < 4.78 is 5.23. The molecule has 0 fully saturated rings. The first kappa shape index (κ1) is 10.7. The largest absolute Gasteiger partial charge is 0.497 e. The number of benzene rings is 2. The summed E-state index contributed by atoms with van der Waals surface area (Å²) in [5.74, 6) is 0.785. The quantitative estimate of drug-likeness (QED) is 0.507. The minimum absolute atomic E-state index is 0.475. The lowest BCUT2D eigenvalue weighted by Gasteiger charge is -2.07. The second-order valence-electron chi connectivity index (χ2n) is 4.04. The highest BCUT2D eigenvalue weighted by atomic mass is 16.5. The average molecular weight is 237 g/mol. The molecule has 1 heterocycles. The van der Waals surface area contributed by atoms with Crippen LogP contribution in [0.5, 0.6) is 5.75 Å². The fourth-order valence-corrected chi connectivity index (χ4v) is 2.18. The van der Waals surface area contributed by atoms with Crippen LogP contribution in [0.4, 0.5) is 0 Å². The maximum Gasteiger partial charge on any atom is 0.169 e. The van der Waals surface area contributed by atoms with Crippen LogP contribution in [0.2, 0.25) is 0 Å². The minimum atomic E-state index is 0.475. The van der Waals surface area contributed by atoms with E-state index in [-0.39, 0.29) is 0 Å². The van der Waals surface area contributed by atoms with Gasteiger partial charge in [-0.25, -0.2) is 4.98 Å². The van der Waals surface area contributed by atoms with Gasteiger partial charge in [-0.3, -0.25) is 4.79 Å². The fourth-order valence-electron chi connectivity index (χ4n) is 2.18. The molecule has 0 bridgehead atoms. The zero-order valence-electron chi connectivity index (χ0n) is 9.88. The number of hydrogen-bond donors (Lipinski definition) is 0. The Hall–Kier alpha value is -2.42. The van der Waals surface area contributed by atoms with Gasteiger partial charge in [-0.05, 0) is 23.6 Å². The smallest absolute Gasteiger partial charge is 0.169 e. The van der Waals surface area contributed by atoms with Crippen molar-refractivity contribution < 1.29 is 9.53 Å². The van der Waals surface area contributed by atoms with Gasteiger partial charge in [0.15, 0.2) is 6.29 Å². The van der Waals surface area contributed by atoms with Crippen molar-refractivity contribution >= 4 is 28.0 Å². The van der Waals surface area contributed by atoms with E-state index in [1.54, 1.807) is 7.11 Å². The molecule has 1 aromatic heterocycles. The minimum Gasteiger partial charge on any atom is -0.497 e. The third-order valence-electron chi connectivity index (χ3n) is 3.05. The van der Waals surface area contributed by atoms with Crippen molar-refractivity contribution in [2.75, 3.05) is 7.11 Å². The average Bonchev–Trinajstić information content (AvgIpc) is 2.45. The summed E-state index contributed by atoms with van der Waals surface area (Å²) in [5, 5.41) is 2.88. The van der Waals surface area contributed by atoms with E-state index in [4.69, 9.17) is 4.74 Å². The van der Waals surface area contributed by atoms with Crippen LogP contribution in [0.15, 0.2) is 42.5 Å². The van der Waals surface area contributed by atoms with E-state index in [0.717, 1.165) is 33.7 Å². The van der Waals surface area contributed by atoms with Crippen LogP contribution in [0.1, 0.15) is 10.5 Å². The van der Waals surface area contributed by atoms with Gasteiger partial charge in [-0.2, -0.15) is 0 Å². The number of carbonyl (C=O) groups is 1. The van der Waals surface area contributed by atoms with Gasteiger partial charge in [0, 0.05) is 10.8 Å². The van der Waals surface area contributed by atoms with Gasteiger partial charge in [-0.15, -0.1) is 0 Å². The molecule has 3 aromatic rings. The SMILES string of the molecule is COc1ccc2nc(C=O)c3ccccc3c2c1. The van der Waals surface area contributed by atoms with Gasteiger partial charge in [0.1, 0.15) is 11.4 Å². The summed E-state index contributed by atoms with van der Waals surface area (Å²) in [6.45, 7) is 0. The third kappa shape index (κ3) is 1.52. The first-order valence-electron chi connectivity index (χ1n) is 5.65. The molecule has 3 heteroatoms. The number of carbonyl (C=O) groups excluding carboxylic acids is 1. The zero-order chi connectivity index (χ0) is 12.5. The summed E-state index contributed by atoms with van der Waals surface area (Å²) in [4.78, 5) is 15.5. The molecule has 0 aliphatic carbocycles. The van der Waals surface area contributed by atoms with Crippen LogP contribution >= 0.6 is 0 Å². The number of aldehydes is 1. The molecule has 0 radical (unpaired) electrons. The van der Waals surface area contributed by atoms with Crippen LogP contribution < -0.4 is 4.74 Å². The lowest BCUT2D eigenvalue weighted by molar-refractivity contribution is 0.112. The van der Waals surface area contributed by atoms with E-state index in [2.05, 4.69) is 4.98 Å². The predicted octanol–water partition coefficient (Wildman–Crippen LogP) is 3.21. The van der Waals surface area contributed by atoms with Crippen molar-refractivity contribution in [3.8, 4) is 5.75 Å². The van der Waals surface area contributed by atoms with Gasteiger partial charge in [-0.1, -0.05) is 24.3 Å². The highest BCUT2D eigenvalue weighted by molar-refractivity contribution is 6.11. The van der Waals surface area contributed by atoms with Crippen LogP contribution in [0.3, 0.4) is 0 Å². The first-order chi connectivity index (χ1) is 8.83. The van der Waals surface area contributed by atoms with Gasteiger partial charge in [0.2, 0.25) is 0 Å². The number of methoxy groups -OCH3 is 1. The monoisotopic (exact) mass is 237 g/mol. The Morgan fingerprint density at radius 2 is 1.83 bits per heavy atom. The van der Waals surface area contributed by atoms with Crippen molar-refractivity contribution in [1.29, 1.82) is 0 Å². The molecule has 0 aliphatic rings. The molecule has 3 rings (SSSR count). The Morgan fingerprint density at radius 3 is 2.56 bits per heavy atom. The van der Waals surface area contributed by atoms with Crippen molar-refractivity contribution in [2.24, 2.45) is 0 Å². The highest BCUT2D eigenvalue weighted by Gasteiger charge is 2.07. The van der Waals surface area contributed by atoms with Crippen LogP contribution in [-0.2, 0) is 0 Å². The molecule has 18 heavy (non-hydrogen) atoms.